The fourth-order valence-corrected chi connectivity index (χ4v) is 2.39. The van der Waals surface area contributed by atoms with Crippen molar-refractivity contribution in [2.45, 2.75) is 66.5 Å². The second kappa shape index (κ2) is 7.63. The predicted molar refractivity (Wildman–Crippen MR) is 79.7 cm³/mol. The van der Waals surface area contributed by atoms with Crippen LogP contribution in [0.5, 0.6) is 0 Å². The molecule has 1 aromatic heterocycles. The van der Waals surface area contributed by atoms with E-state index in [9.17, 15) is 0 Å². The van der Waals surface area contributed by atoms with Gasteiger partial charge in [0, 0.05) is 31.5 Å². The van der Waals surface area contributed by atoms with Gasteiger partial charge in [0.2, 0.25) is 0 Å². The summed E-state index contributed by atoms with van der Waals surface area (Å²) in [4.78, 5) is 0. The second-order valence-electron chi connectivity index (χ2n) is 6.01. The van der Waals surface area contributed by atoms with Crippen molar-refractivity contribution in [2.75, 3.05) is 6.54 Å². The zero-order valence-corrected chi connectivity index (χ0v) is 12.6. The molecule has 0 spiro atoms. The maximum absolute atomic E-state index is 3.61. The molecule has 1 heterocycles. The normalized spacial score (nSPS) is 12.0. The zero-order valence-electron chi connectivity index (χ0n) is 12.6. The molecule has 2 heteroatoms. The van der Waals surface area contributed by atoms with Gasteiger partial charge < -0.3 is 9.88 Å². The van der Waals surface area contributed by atoms with Gasteiger partial charge in [-0.3, -0.25) is 0 Å². The average molecular weight is 250 g/mol. The Morgan fingerprint density at radius 3 is 2.67 bits per heavy atom. The molecule has 0 aliphatic carbocycles. The first-order valence-electron chi connectivity index (χ1n) is 7.44. The van der Waals surface area contributed by atoms with E-state index in [4.69, 9.17) is 0 Å². The fraction of sp³-hybridized carbons (Fsp3) is 0.750. The molecule has 1 aromatic rings. The monoisotopic (exact) mass is 250 g/mol. The van der Waals surface area contributed by atoms with Gasteiger partial charge in [-0.15, -0.1) is 0 Å². The van der Waals surface area contributed by atoms with E-state index >= 15 is 0 Å². The largest absolute Gasteiger partial charge is 0.351 e. The highest BCUT2D eigenvalue weighted by molar-refractivity contribution is 5.06. The van der Waals surface area contributed by atoms with Crippen LogP contribution >= 0.6 is 0 Å². The van der Waals surface area contributed by atoms with Gasteiger partial charge in [-0.05, 0) is 30.9 Å². The van der Waals surface area contributed by atoms with Crippen LogP contribution in [-0.4, -0.2) is 11.1 Å². The topological polar surface area (TPSA) is 17.0 Å². The lowest BCUT2D eigenvalue weighted by Gasteiger charge is -2.25. The molecule has 0 aliphatic rings. The summed E-state index contributed by atoms with van der Waals surface area (Å²) in [5.74, 6) is 0. The minimum absolute atomic E-state index is 0.415. The van der Waals surface area contributed by atoms with Gasteiger partial charge in [-0.1, -0.05) is 40.0 Å². The third kappa shape index (κ3) is 5.26. The van der Waals surface area contributed by atoms with E-state index in [0.29, 0.717) is 5.41 Å². The number of nitrogens with zero attached hydrogens (tertiary/aromatic N) is 1. The van der Waals surface area contributed by atoms with E-state index in [1.54, 1.807) is 0 Å². The highest BCUT2D eigenvalue weighted by atomic mass is 15.0. The third-order valence-corrected chi connectivity index (χ3v) is 3.63. The van der Waals surface area contributed by atoms with Crippen molar-refractivity contribution in [3.8, 4) is 0 Å². The average Bonchev–Trinajstić information content (AvgIpc) is 2.76. The third-order valence-electron chi connectivity index (χ3n) is 3.63. The lowest BCUT2D eigenvalue weighted by Crippen LogP contribution is -2.29. The van der Waals surface area contributed by atoms with Crippen LogP contribution < -0.4 is 5.32 Å². The Morgan fingerprint density at radius 1 is 1.22 bits per heavy atom. The standard InChI is InChI=1S/C16H30N2/c1-5-7-8-11-16(3,4)14-17-13-15-10-9-12-18(15)6-2/h9-10,12,17H,5-8,11,13-14H2,1-4H3. The smallest absolute Gasteiger partial charge is 0.0359 e. The van der Waals surface area contributed by atoms with E-state index in [1.165, 1.54) is 31.4 Å². The Kier molecular flexibility index (Phi) is 6.48. The number of nitrogens with one attached hydrogen (secondary N) is 1. The maximum atomic E-state index is 3.61. The molecule has 1 N–H and O–H groups in total. The first kappa shape index (κ1) is 15.3. The number of aryl methyl sites for hydroxylation is 1. The van der Waals surface area contributed by atoms with Gasteiger partial charge in [-0.25, -0.2) is 0 Å². The molecule has 0 saturated heterocycles. The van der Waals surface area contributed by atoms with Gasteiger partial charge in [-0.2, -0.15) is 0 Å². The molecule has 104 valence electrons. The Morgan fingerprint density at radius 2 is 2.00 bits per heavy atom. The molecule has 18 heavy (non-hydrogen) atoms. The summed E-state index contributed by atoms with van der Waals surface area (Å²) in [6.07, 6.45) is 7.51. The van der Waals surface area contributed by atoms with Crippen molar-refractivity contribution in [3.05, 3.63) is 24.0 Å². The van der Waals surface area contributed by atoms with Crippen LogP contribution in [0.25, 0.3) is 0 Å². The maximum Gasteiger partial charge on any atom is 0.0359 e. The van der Waals surface area contributed by atoms with Crippen LogP contribution in [-0.2, 0) is 13.1 Å². The van der Waals surface area contributed by atoms with Gasteiger partial charge in [0.1, 0.15) is 0 Å². The number of hydrogen-bond acceptors (Lipinski definition) is 1. The van der Waals surface area contributed by atoms with Crippen LogP contribution in [0, 0.1) is 5.41 Å². The highest BCUT2D eigenvalue weighted by Crippen LogP contribution is 2.22. The summed E-state index contributed by atoms with van der Waals surface area (Å²) in [6.45, 7) is 12.3. The van der Waals surface area contributed by atoms with Crippen molar-refractivity contribution >= 4 is 0 Å². The van der Waals surface area contributed by atoms with Crippen molar-refractivity contribution in [1.29, 1.82) is 0 Å². The molecule has 0 saturated carbocycles. The minimum Gasteiger partial charge on any atom is -0.351 e. The molecular formula is C16H30N2. The Bertz CT molecular complexity index is 326. The molecular weight excluding hydrogens is 220 g/mol. The summed E-state index contributed by atoms with van der Waals surface area (Å²) in [5.41, 5.74) is 1.81. The Balaban J connectivity index is 2.27. The van der Waals surface area contributed by atoms with Crippen molar-refractivity contribution in [3.63, 3.8) is 0 Å². The molecule has 0 amide bonds. The fourth-order valence-electron chi connectivity index (χ4n) is 2.39. The quantitative estimate of drug-likeness (QED) is 0.650. The number of aromatic nitrogens is 1. The molecule has 0 radical (unpaired) electrons. The summed E-state index contributed by atoms with van der Waals surface area (Å²) < 4.78 is 2.30. The van der Waals surface area contributed by atoms with Crippen LogP contribution in [0.15, 0.2) is 18.3 Å². The summed E-state index contributed by atoms with van der Waals surface area (Å²) >= 11 is 0. The van der Waals surface area contributed by atoms with E-state index in [1.807, 2.05) is 0 Å². The Labute approximate surface area is 113 Å². The second-order valence-corrected chi connectivity index (χ2v) is 6.01. The number of unbranched alkanes of at least 4 members (excludes halogenated alkanes) is 2. The van der Waals surface area contributed by atoms with Crippen molar-refractivity contribution < 1.29 is 0 Å². The summed E-state index contributed by atoms with van der Waals surface area (Å²) in [7, 11) is 0. The van der Waals surface area contributed by atoms with Crippen LogP contribution in [0.2, 0.25) is 0 Å². The number of rotatable bonds is 9. The van der Waals surface area contributed by atoms with E-state index in [0.717, 1.165) is 19.6 Å². The zero-order chi connectivity index (χ0) is 13.4. The van der Waals surface area contributed by atoms with Gasteiger partial charge in [0.05, 0.1) is 0 Å². The van der Waals surface area contributed by atoms with Crippen LogP contribution in [0.1, 0.15) is 59.1 Å². The predicted octanol–water partition coefficient (Wildman–Crippen LogP) is 4.20. The number of hydrogen-bond donors (Lipinski definition) is 1. The van der Waals surface area contributed by atoms with E-state index in [2.05, 4.69) is 55.9 Å². The van der Waals surface area contributed by atoms with Crippen LogP contribution in [0.4, 0.5) is 0 Å². The lowest BCUT2D eigenvalue weighted by molar-refractivity contribution is 0.300. The van der Waals surface area contributed by atoms with E-state index in [-0.39, 0.29) is 0 Å². The molecule has 0 bridgehead atoms. The molecule has 2 nitrogen and oxygen atoms in total. The molecule has 0 atom stereocenters. The van der Waals surface area contributed by atoms with Gasteiger partial charge in [0.15, 0.2) is 0 Å². The molecule has 0 fully saturated rings. The van der Waals surface area contributed by atoms with Crippen molar-refractivity contribution in [2.24, 2.45) is 5.41 Å². The molecule has 0 aliphatic heterocycles. The summed E-state index contributed by atoms with van der Waals surface area (Å²) in [5, 5.41) is 3.61. The first-order chi connectivity index (χ1) is 8.59. The molecule has 1 rings (SSSR count). The van der Waals surface area contributed by atoms with Crippen molar-refractivity contribution in [1.82, 2.24) is 9.88 Å². The highest BCUT2D eigenvalue weighted by Gasteiger charge is 2.16. The summed E-state index contributed by atoms with van der Waals surface area (Å²) in [6, 6.07) is 4.34. The van der Waals surface area contributed by atoms with Gasteiger partial charge in [0.25, 0.3) is 0 Å². The lowest BCUT2D eigenvalue weighted by atomic mass is 9.87. The molecule has 0 unspecified atom stereocenters. The van der Waals surface area contributed by atoms with Crippen LogP contribution in [0.3, 0.4) is 0 Å². The Hall–Kier alpha value is -0.760. The molecule has 0 aromatic carbocycles. The minimum atomic E-state index is 0.415. The van der Waals surface area contributed by atoms with Gasteiger partial charge >= 0.3 is 0 Å². The van der Waals surface area contributed by atoms with E-state index < -0.39 is 0 Å². The first-order valence-corrected chi connectivity index (χ1v) is 7.44. The SMILES string of the molecule is CCCCCC(C)(C)CNCc1cccn1CC.